The highest BCUT2D eigenvalue weighted by Crippen LogP contribution is 2.26. The van der Waals surface area contributed by atoms with Crippen molar-refractivity contribution in [2.75, 3.05) is 5.43 Å². The van der Waals surface area contributed by atoms with Crippen molar-refractivity contribution < 1.29 is 14.1 Å². The Bertz CT molecular complexity index is 1080. The summed E-state index contributed by atoms with van der Waals surface area (Å²) in [5.41, 5.74) is 7.55. The molecule has 0 saturated heterocycles. The van der Waals surface area contributed by atoms with Crippen LogP contribution in [-0.4, -0.2) is 15.9 Å². The van der Waals surface area contributed by atoms with Crippen LogP contribution < -0.4 is 16.2 Å². The van der Waals surface area contributed by atoms with Crippen molar-refractivity contribution in [3.05, 3.63) is 81.1 Å². The van der Waals surface area contributed by atoms with Gasteiger partial charge >= 0.3 is 0 Å². The Hall–Kier alpha value is -3.43. The first-order valence-electron chi connectivity index (χ1n) is 8.31. The standard InChI is InChI=1S/C19H15ClN4O4S/c1-11-2-3-12(10-15(11)20)16-8-9-17(28-16)18(25)21-19(29)23-22-13-4-6-14(7-5-13)24(26)27/h2-10,22H,1H3,(H2,21,23,25,29). The van der Waals surface area contributed by atoms with Crippen molar-refractivity contribution in [2.24, 2.45) is 0 Å². The number of nitro benzene ring substituents is 1. The lowest BCUT2D eigenvalue weighted by molar-refractivity contribution is -0.384. The lowest BCUT2D eigenvalue weighted by Crippen LogP contribution is -2.41. The number of furan rings is 1. The van der Waals surface area contributed by atoms with Gasteiger partial charge in [0.15, 0.2) is 10.9 Å². The van der Waals surface area contributed by atoms with Crippen LogP contribution in [0.15, 0.2) is 59.0 Å². The third-order valence-corrected chi connectivity index (χ3v) is 4.52. The fraction of sp³-hybridized carbons (Fsp3) is 0.0526. The van der Waals surface area contributed by atoms with Gasteiger partial charge in [-0.1, -0.05) is 23.7 Å². The van der Waals surface area contributed by atoms with E-state index in [1.807, 2.05) is 19.1 Å². The van der Waals surface area contributed by atoms with E-state index in [0.29, 0.717) is 16.5 Å². The monoisotopic (exact) mass is 430 g/mol. The maximum atomic E-state index is 12.3. The Labute approximate surface area is 176 Å². The quantitative estimate of drug-likeness (QED) is 0.311. The van der Waals surface area contributed by atoms with Gasteiger partial charge in [0, 0.05) is 22.7 Å². The number of nitro groups is 1. The lowest BCUT2D eigenvalue weighted by Gasteiger charge is -2.10. The number of anilines is 1. The molecule has 0 spiro atoms. The van der Waals surface area contributed by atoms with Crippen molar-refractivity contribution in [3.8, 4) is 11.3 Å². The van der Waals surface area contributed by atoms with E-state index < -0.39 is 10.8 Å². The summed E-state index contributed by atoms with van der Waals surface area (Å²) < 4.78 is 5.58. The number of nitrogens with zero attached hydrogens (tertiary/aromatic N) is 1. The number of carbonyl (C=O) groups excluding carboxylic acids is 1. The van der Waals surface area contributed by atoms with Gasteiger partial charge in [0.05, 0.1) is 10.6 Å². The van der Waals surface area contributed by atoms with E-state index in [-0.39, 0.29) is 16.6 Å². The minimum absolute atomic E-state index is 0.00434. The maximum absolute atomic E-state index is 12.3. The van der Waals surface area contributed by atoms with Crippen molar-refractivity contribution in [2.45, 2.75) is 6.92 Å². The number of halogens is 1. The summed E-state index contributed by atoms with van der Waals surface area (Å²) in [7, 11) is 0. The van der Waals surface area contributed by atoms with Crippen LogP contribution in [-0.2, 0) is 0 Å². The molecule has 3 aromatic rings. The second-order valence-corrected chi connectivity index (χ2v) is 6.78. The molecule has 0 aliphatic heterocycles. The number of thiocarbonyl (C=S) groups is 1. The molecule has 1 heterocycles. The molecule has 3 rings (SSSR count). The van der Waals surface area contributed by atoms with E-state index in [9.17, 15) is 14.9 Å². The fourth-order valence-corrected chi connectivity index (χ4v) is 2.68. The van der Waals surface area contributed by atoms with Crippen LogP contribution in [0.2, 0.25) is 5.02 Å². The highest BCUT2D eigenvalue weighted by atomic mass is 35.5. The molecule has 10 heteroatoms. The number of hydrogen-bond acceptors (Lipinski definition) is 6. The molecule has 0 aliphatic rings. The molecule has 8 nitrogen and oxygen atoms in total. The summed E-state index contributed by atoms with van der Waals surface area (Å²) in [5.74, 6) is 0.0496. The number of rotatable bonds is 5. The number of nitrogens with one attached hydrogen (secondary N) is 3. The zero-order valence-corrected chi connectivity index (χ0v) is 16.6. The van der Waals surface area contributed by atoms with Gasteiger partial charge in [0.2, 0.25) is 0 Å². The number of non-ortho nitro benzene ring substituents is 1. The zero-order valence-electron chi connectivity index (χ0n) is 15.1. The molecular weight excluding hydrogens is 416 g/mol. The van der Waals surface area contributed by atoms with E-state index in [0.717, 1.165) is 11.1 Å². The van der Waals surface area contributed by atoms with Crippen molar-refractivity contribution in [3.63, 3.8) is 0 Å². The molecule has 148 valence electrons. The Morgan fingerprint density at radius 3 is 2.52 bits per heavy atom. The molecule has 0 bridgehead atoms. The van der Waals surface area contributed by atoms with E-state index >= 15 is 0 Å². The van der Waals surface area contributed by atoms with Gasteiger partial charge in [-0.25, -0.2) is 0 Å². The predicted molar refractivity (Wildman–Crippen MR) is 114 cm³/mol. The highest BCUT2D eigenvalue weighted by Gasteiger charge is 2.14. The largest absolute Gasteiger partial charge is 0.451 e. The summed E-state index contributed by atoms with van der Waals surface area (Å²) >= 11 is 11.2. The van der Waals surface area contributed by atoms with Crippen LogP contribution >= 0.6 is 23.8 Å². The molecule has 0 aliphatic carbocycles. The lowest BCUT2D eigenvalue weighted by atomic mass is 10.1. The Balaban J connectivity index is 1.57. The maximum Gasteiger partial charge on any atom is 0.293 e. The summed E-state index contributed by atoms with van der Waals surface area (Å²) in [4.78, 5) is 22.4. The SMILES string of the molecule is Cc1ccc(-c2ccc(C(=O)NC(=S)NNc3ccc([N+](=O)[O-])cc3)o2)cc1Cl. The van der Waals surface area contributed by atoms with Gasteiger partial charge in [-0.2, -0.15) is 0 Å². The predicted octanol–water partition coefficient (Wildman–Crippen LogP) is 4.45. The normalized spacial score (nSPS) is 10.3. The Morgan fingerprint density at radius 2 is 1.86 bits per heavy atom. The first-order valence-corrected chi connectivity index (χ1v) is 9.10. The highest BCUT2D eigenvalue weighted by molar-refractivity contribution is 7.80. The molecule has 3 N–H and O–H groups in total. The molecule has 0 radical (unpaired) electrons. The molecule has 2 aromatic carbocycles. The average molecular weight is 431 g/mol. The summed E-state index contributed by atoms with van der Waals surface area (Å²) in [6.07, 6.45) is 0. The Kier molecular flexibility index (Phi) is 6.10. The van der Waals surface area contributed by atoms with Crippen LogP contribution in [0, 0.1) is 17.0 Å². The summed E-state index contributed by atoms with van der Waals surface area (Å²) in [6, 6.07) is 14.4. The van der Waals surface area contributed by atoms with E-state index in [1.165, 1.54) is 30.3 Å². The summed E-state index contributed by atoms with van der Waals surface area (Å²) in [5, 5.41) is 13.7. The van der Waals surface area contributed by atoms with Crippen molar-refractivity contribution in [1.82, 2.24) is 10.7 Å². The van der Waals surface area contributed by atoms with Crippen LogP contribution in [0.1, 0.15) is 16.1 Å². The first-order chi connectivity index (χ1) is 13.8. The first kappa shape index (κ1) is 20.3. The molecule has 1 aromatic heterocycles. The number of hydrogen-bond donors (Lipinski definition) is 3. The van der Waals surface area contributed by atoms with Crippen molar-refractivity contribution >= 4 is 46.2 Å². The number of hydrazine groups is 1. The minimum Gasteiger partial charge on any atom is -0.451 e. The third kappa shape index (κ3) is 5.09. The molecule has 0 fully saturated rings. The second-order valence-electron chi connectivity index (χ2n) is 5.97. The molecular formula is C19H15ClN4O4S. The molecule has 0 atom stereocenters. The number of benzene rings is 2. The van der Waals surface area contributed by atoms with Crippen LogP contribution in [0.3, 0.4) is 0 Å². The van der Waals surface area contributed by atoms with Gasteiger partial charge in [-0.3, -0.25) is 31.1 Å². The van der Waals surface area contributed by atoms with E-state index in [1.54, 1.807) is 12.1 Å². The second kappa shape index (κ2) is 8.72. The van der Waals surface area contributed by atoms with Crippen LogP contribution in [0.25, 0.3) is 11.3 Å². The van der Waals surface area contributed by atoms with Crippen LogP contribution in [0.5, 0.6) is 0 Å². The smallest absolute Gasteiger partial charge is 0.293 e. The van der Waals surface area contributed by atoms with E-state index in [4.69, 9.17) is 28.2 Å². The number of amides is 1. The average Bonchev–Trinajstić information content (AvgIpc) is 3.19. The number of aryl methyl sites for hydroxylation is 1. The zero-order chi connectivity index (χ0) is 21.0. The molecule has 29 heavy (non-hydrogen) atoms. The van der Waals surface area contributed by atoms with Gasteiger partial charge in [0.25, 0.3) is 11.6 Å². The van der Waals surface area contributed by atoms with Gasteiger partial charge < -0.3 is 4.42 Å². The summed E-state index contributed by atoms with van der Waals surface area (Å²) in [6.45, 7) is 1.89. The van der Waals surface area contributed by atoms with E-state index in [2.05, 4.69) is 16.2 Å². The van der Waals surface area contributed by atoms with Gasteiger partial charge in [0.1, 0.15) is 5.76 Å². The molecule has 0 unspecified atom stereocenters. The van der Waals surface area contributed by atoms with Gasteiger partial charge in [-0.15, -0.1) is 0 Å². The third-order valence-electron chi connectivity index (χ3n) is 3.91. The fourth-order valence-electron chi connectivity index (χ4n) is 2.35. The van der Waals surface area contributed by atoms with Crippen molar-refractivity contribution in [1.29, 1.82) is 0 Å². The topological polar surface area (TPSA) is 109 Å². The molecule has 1 amide bonds. The van der Waals surface area contributed by atoms with Gasteiger partial charge in [-0.05, 0) is 55.0 Å². The number of carbonyl (C=O) groups is 1. The molecule has 0 saturated carbocycles. The Morgan fingerprint density at radius 1 is 1.14 bits per heavy atom. The van der Waals surface area contributed by atoms with Crippen LogP contribution in [0.4, 0.5) is 11.4 Å². The minimum atomic E-state index is -0.530.